The van der Waals surface area contributed by atoms with Crippen LogP contribution in [0.4, 0.5) is 5.69 Å². The minimum Gasteiger partial charge on any atom is -0.478 e. The third kappa shape index (κ3) is 3.07. The molecule has 0 amide bonds. The number of anilines is 1. The molecule has 1 aliphatic rings. The van der Waals surface area contributed by atoms with E-state index in [0.717, 1.165) is 24.8 Å². The zero-order valence-electron chi connectivity index (χ0n) is 12.7. The lowest BCUT2D eigenvalue weighted by Gasteiger charge is -2.12. The van der Waals surface area contributed by atoms with E-state index in [-0.39, 0.29) is 16.1 Å². The van der Waals surface area contributed by atoms with Crippen LogP contribution in [0.5, 0.6) is 0 Å². The van der Waals surface area contributed by atoms with Gasteiger partial charge < -0.3 is 5.11 Å². The lowest BCUT2D eigenvalue weighted by atomic mass is 10.1. The molecule has 0 atom stereocenters. The molecule has 0 radical (unpaired) electrons. The van der Waals surface area contributed by atoms with E-state index in [4.69, 9.17) is 5.11 Å². The fourth-order valence-electron chi connectivity index (χ4n) is 2.78. The van der Waals surface area contributed by atoms with Crippen molar-refractivity contribution in [3.63, 3.8) is 0 Å². The minimum absolute atomic E-state index is 0.0438. The number of hydrogen-bond acceptors (Lipinski definition) is 3. The van der Waals surface area contributed by atoms with Gasteiger partial charge in [0.1, 0.15) is 0 Å². The summed E-state index contributed by atoms with van der Waals surface area (Å²) in [5.41, 5.74) is 3.27. The van der Waals surface area contributed by atoms with Crippen molar-refractivity contribution in [1.82, 2.24) is 0 Å². The van der Waals surface area contributed by atoms with Gasteiger partial charge in [0.25, 0.3) is 10.0 Å². The molecule has 0 aromatic heterocycles. The van der Waals surface area contributed by atoms with Crippen LogP contribution in [0.1, 0.15) is 33.5 Å². The van der Waals surface area contributed by atoms with Crippen molar-refractivity contribution < 1.29 is 18.3 Å². The smallest absolute Gasteiger partial charge is 0.335 e. The number of carboxylic acids is 1. The third-order valence-electron chi connectivity index (χ3n) is 4.11. The second-order valence-electron chi connectivity index (χ2n) is 5.72. The van der Waals surface area contributed by atoms with Crippen molar-refractivity contribution in [2.45, 2.75) is 31.1 Å². The van der Waals surface area contributed by atoms with Crippen LogP contribution in [0, 0.1) is 6.92 Å². The van der Waals surface area contributed by atoms with Crippen LogP contribution in [0.25, 0.3) is 0 Å². The quantitative estimate of drug-likeness (QED) is 0.902. The van der Waals surface area contributed by atoms with Gasteiger partial charge in [-0.15, -0.1) is 0 Å². The van der Waals surface area contributed by atoms with Gasteiger partial charge in [-0.2, -0.15) is 0 Å². The largest absolute Gasteiger partial charge is 0.478 e. The lowest BCUT2D eigenvalue weighted by Crippen LogP contribution is -2.14. The standard InChI is InChI=1S/C17H17NO4S/c1-11-5-6-14(17(19)20)10-16(11)18-23(21,22)15-8-7-12-3-2-4-13(12)9-15/h5-10,18H,2-4H2,1H3,(H,19,20). The van der Waals surface area contributed by atoms with Crippen molar-refractivity contribution in [1.29, 1.82) is 0 Å². The molecule has 0 unspecified atom stereocenters. The first-order valence-electron chi connectivity index (χ1n) is 7.35. The maximum absolute atomic E-state index is 12.6. The SMILES string of the molecule is Cc1ccc(C(=O)O)cc1NS(=O)(=O)c1ccc2c(c1)CCC2. The molecule has 0 aliphatic heterocycles. The fourth-order valence-corrected chi connectivity index (χ4v) is 3.96. The van der Waals surface area contributed by atoms with Gasteiger partial charge in [-0.25, -0.2) is 13.2 Å². The van der Waals surface area contributed by atoms with Crippen molar-refractivity contribution >= 4 is 21.7 Å². The fraction of sp³-hybridized carbons (Fsp3) is 0.235. The molecular weight excluding hydrogens is 314 g/mol. The Labute approximate surface area is 135 Å². The maximum atomic E-state index is 12.6. The number of carboxylic acid groups (broad SMARTS) is 1. The molecule has 2 aromatic carbocycles. The number of carbonyl (C=O) groups is 1. The molecule has 0 saturated carbocycles. The van der Waals surface area contributed by atoms with Crippen LogP contribution in [0.3, 0.4) is 0 Å². The zero-order chi connectivity index (χ0) is 16.6. The molecule has 0 bridgehead atoms. The number of hydrogen-bond donors (Lipinski definition) is 2. The van der Waals surface area contributed by atoms with Crippen LogP contribution in [-0.4, -0.2) is 19.5 Å². The summed E-state index contributed by atoms with van der Waals surface area (Å²) in [5.74, 6) is -1.09. The van der Waals surface area contributed by atoms with E-state index in [1.807, 2.05) is 6.07 Å². The topological polar surface area (TPSA) is 83.5 Å². The van der Waals surface area contributed by atoms with Crippen LogP contribution >= 0.6 is 0 Å². The Morgan fingerprint density at radius 2 is 1.83 bits per heavy atom. The first kappa shape index (κ1) is 15.6. The summed E-state index contributed by atoms with van der Waals surface area (Å²) in [4.78, 5) is 11.3. The summed E-state index contributed by atoms with van der Waals surface area (Å²) in [7, 11) is -3.74. The first-order valence-corrected chi connectivity index (χ1v) is 8.84. The summed E-state index contributed by atoms with van der Waals surface area (Å²) in [5, 5.41) is 9.04. The van der Waals surface area contributed by atoms with E-state index in [1.54, 1.807) is 25.1 Å². The summed E-state index contributed by atoms with van der Waals surface area (Å²) in [6.07, 6.45) is 2.93. The minimum atomic E-state index is -3.74. The van der Waals surface area contributed by atoms with E-state index in [2.05, 4.69) is 4.72 Å². The van der Waals surface area contributed by atoms with Crippen molar-refractivity contribution in [2.24, 2.45) is 0 Å². The Hall–Kier alpha value is -2.34. The highest BCUT2D eigenvalue weighted by Gasteiger charge is 2.19. The van der Waals surface area contributed by atoms with Crippen molar-refractivity contribution in [2.75, 3.05) is 4.72 Å². The van der Waals surface area contributed by atoms with Gasteiger partial charge in [0.15, 0.2) is 0 Å². The third-order valence-corrected chi connectivity index (χ3v) is 5.47. The van der Waals surface area contributed by atoms with Crippen molar-refractivity contribution in [3.8, 4) is 0 Å². The Balaban J connectivity index is 1.95. The van der Waals surface area contributed by atoms with Gasteiger partial charge in [0.2, 0.25) is 0 Å². The molecule has 3 rings (SSSR count). The van der Waals surface area contributed by atoms with Gasteiger partial charge in [-0.05, 0) is 67.1 Å². The van der Waals surface area contributed by atoms with Crippen LogP contribution in [0.2, 0.25) is 0 Å². The molecule has 2 N–H and O–H groups in total. The summed E-state index contributed by atoms with van der Waals surface area (Å²) in [6, 6.07) is 9.54. The molecule has 0 spiro atoms. The summed E-state index contributed by atoms with van der Waals surface area (Å²) in [6.45, 7) is 1.73. The number of rotatable bonds is 4. The van der Waals surface area contributed by atoms with Crippen molar-refractivity contribution in [3.05, 3.63) is 58.7 Å². The number of aryl methyl sites for hydroxylation is 3. The molecule has 1 aliphatic carbocycles. The van der Waals surface area contributed by atoms with E-state index in [1.165, 1.54) is 17.7 Å². The predicted octanol–water partition coefficient (Wildman–Crippen LogP) is 2.98. The van der Waals surface area contributed by atoms with Gasteiger partial charge in [-0.3, -0.25) is 4.72 Å². The number of fused-ring (bicyclic) bond motifs is 1. The highest BCUT2D eigenvalue weighted by Crippen LogP contribution is 2.26. The van der Waals surface area contributed by atoms with Crippen LogP contribution in [-0.2, 0) is 22.9 Å². The second-order valence-corrected chi connectivity index (χ2v) is 7.41. The van der Waals surface area contributed by atoms with Gasteiger partial charge in [0.05, 0.1) is 16.1 Å². The second kappa shape index (κ2) is 5.70. The van der Waals surface area contributed by atoms with Crippen LogP contribution < -0.4 is 4.72 Å². The number of sulfonamides is 1. The number of benzene rings is 2. The molecule has 23 heavy (non-hydrogen) atoms. The molecular formula is C17H17NO4S. The number of nitrogens with one attached hydrogen (secondary N) is 1. The van der Waals surface area contributed by atoms with Crippen LogP contribution in [0.15, 0.2) is 41.3 Å². The van der Waals surface area contributed by atoms with Gasteiger partial charge >= 0.3 is 5.97 Å². The van der Waals surface area contributed by atoms with E-state index in [9.17, 15) is 13.2 Å². The van der Waals surface area contributed by atoms with Gasteiger partial charge in [0, 0.05) is 0 Å². The highest BCUT2D eigenvalue weighted by atomic mass is 32.2. The maximum Gasteiger partial charge on any atom is 0.335 e. The molecule has 6 heteroatoms. The average Bonchev–Trinajstić information content (AvgIpc) is 2.96. The normalized spacial score (nSPS) is 13.6. The van der Waals surface area contributed by atoms with Gasteiger partial charge in [-0.1, -0.05) is 12.1 Å². The Morgan fingerprint density at radius 3 is 2.57 bits per heavy atom. The summed E-state index contributed by atoms with van der Waals surface area (Å²) < 4.78 is 27.7. The molecule has 120 valence electrons. The Bertz CT molecular complexity index is 887. The average molecular weight is 331 g/mol. The highest BCUT2D eigenvalue weighted by molar-refractivity contribution is 7.92. The molecule has 2 aromatic rings. The molecule has 5 nitrogen and oxygen atoms in total. The van der Waals surface area contributed by atoms with E-state index in [0.29, 0.717) is 5.56 Å². The predicted molar refractivity (Wildman–Crippen MR) is 87.4 cm³/mol. The zero-order valence-corrected chi connectivity index (χ0v) is 13.5. The summed E-state index contributed by atoms with van der Waals surface area (Å²) >= 11 is 0. The number of aromatic carboxylic acids is 1. The monoisotopic (exact) mass is 331 g/mol. The molecule has 0 fully saturated rings. The van der Waals surface area contributed by atoms with E-state index >= 15 is 0 Å². The molecule has 0 saturated heterocycles. The Kier molecular flexibility index (Phi) is 3.85. The lowest BCUT2D eigenvalue weighted by molar-refractivity contribution is 0.0697. The Morgan fingerprint density at radius 1 is 1.09 bits per heavy atom. The molecule has 0 heterocycles. The van der Waals surface area contributed by atoms with E-state index < -0.39 is 16.0 Å². The first-order chi connectivity index (χ1) is 10.9.